The van der Waals surface area contributed by atoms with Gasteiger partial charge in [-0.2, -0.15) is 0 Å². The van der Waals surface area contributed by atoms with Crippen molar-refractivity contribution < 1.29 is 9.90 Å². The number of hydrogen-bond acceptors (Lipinski definition) is 3. The molecule has 0 saturated carbocycles. The van der Waals surface area contributed by atoms with Gasteiger partial charge in [0.25, 0.3) is 0 Å². The van der Waals surface area contributed by atoms with E-state index in [1.807, 2.05) is 4.90 Å². The number of aliphatic hydroxyl groups is 1. The Morgan fingerprint density at radius 3 is 2.53 bits per heavy atom. The van der Waals surface area contributed by atoms with Crippen LogP contribution >= 0.6 is 11.8 Å². The van der Waals surface area contributed by atoms with E-state index in [1.54, 1.807) is 11.8 Å². The van der Waals surface area contributed by atoms with Crippen LogP contribution in [0.4, 0.5) is 0 Å². The Morgan fingerprint density at radius 2 is 2.00 bits per heavy atom. The molecule has 4 heteroatoms. The third kappa shape index (κ3) is 5.30. The zero-order valence-corrected chi connectivity index (χ0v) is 12.0. The highest BCUT2D eigenvalue weighted by molar-refractivity contribution is 8.00. The molecule has 3 nitrogen and oxygen atoms in total. The molecule has 0 aromatic carbocycles. The van der Waals surface area contributed by atoms with E-state index in [0.717, 1.165) is 19.5 Å². The maximum Gasteiger partial charge on any atom is 0.232 e. The molecule has 0 bridgehead atoms. The van der Waals surface area contributed by atoms with Gasteiger partial charge in [0.2, 0.25) is 5.91 Å². The van der Waals surface area contributed by atoms with Crippen LogP contribution in [0.3, 0.4) is 0 Å². The predicted octanol–water partition coefficient (Wildman–Crippen LogP) is 2.00. The van der Waals surface area contributed by atoms with Gasteiger partial charge in [0, 0.05) is 24.9 Å². The molecular formula is C13H25NO2S. The Balaban J connectivity index is 2.31. The van der Waals surface area contributed by atoms with Crippen LogP contribution in [0.15, 0.2) is 0 Å². The van der Waals surface area contributed by atoms with E-state index in [2.05, 4.69) is 20.8 Å². The minimum atomic E-state index is 0.208. The average Bonchev–Trinajstić information content (AvgIpc) is 2.25. The number of piperidine rings is 1. The SMILES string of the molecule is CC1CC(C)CN(C(=O)CSC(C)CCO)C1. The second-order valence-electron chi connectivity index (χ2n) is 5.38. The van der Waals surface area contributed by atoms with Crippen LogP contribution in [-0.4, -0.2) is 46.6 Å². The third-order valence-electron chi connectivity index (χ3n) is 3.25. The molecule has 1 saturated heterocycles. The fraction of sp³-hybridized carbons (Fsp3) is 0.923. The van der Waals surface area contributed by atoms with Crippen LogP contribution in [0.5, 0.6) is 0 Å². The van der Waals surface area contributed by atoms with Crippen molar-refractivity contribution in [2.24, 2.45) is 11.8 Å². The van der Waals surface area contributed by atoms with Crippen molar-refractivity contribution in [1.29, 1.82) is 0 Å². The van der Waals surface area contributed by atoms with Crippen LogP contribution in [0.25, 0.3) is 0 Å². The van der Waals surface area contributed by atoms with E-state index in [4.69, 9.17) is 5.11 Å². The van der Waals surface area contributed by atoms with Gasteiger partial charge in [-0.05, 0) is 24.7 Å². The average molecular weight is 259 g/mol. The van der Waals surface area contributed by atoms with Crippen LogP contribution in [0, 0.1) is 11.8 Å². The van der Waals surface area contributed by atoms with Gasteiger partial charge in [0.15, 0.2) is 0 Å². The van der Waals surface area contributed by atoms with Crippen LogP contribution in [-0.2, 0) is 4.79 Å². The van der Waals surface area contributed by atoms with E-state index in [-0.39, 0.29) is 12.5 Å². The number of amides is 1. The number of carbonyl (C=O) groups is 1. The number of hydrogen-bond donors (Lipinski definition) is 1. The number of carbonyl (C=O) groups excluding carboxylic acids is 1. The summed E-state index contributed by atoms with van der Waals surface area (Å²) in [7, 11) is 0. The van der Waals surface area contributed by atoms with Crippen molar-refractivity contribution in [3.63, 3.8) is 0 Å². The van der Waals surface area contributed by atoms with Crippen LogP contribution in [0.1, 0.15) is 33.6 Å². The van der Waals surface area contributed by atoms with Gasteiger partial charge in [-0.1, -0.05) is 20.8 Å². The first-order valence-corrected chi connectivity index (χ1v) is 7.58. The highest BCUT2D eigenvalue weighted by Gasteiger charge is 2.25. The fourth-order valence-corrected chi connectivity index (χ4v) is 3.32. The lowest BCUT2D eigenvalue weighted by atomic mass is 9.92. The molecule has 17 heavy (non-hydrogen) atoms. The summed E-state index contributed by atoms with van der Waals surface area (Å²) in [5, 5.41) is 9.18. The van der Waals surface area contributed by atoms with Crippen molar-refractivity contribution in [3.05, 3.63) is 0 Å². The molecule has 1 aliphatic rings. The fourth-order valence-electron chi connectivity index (χ4n) is 2.44. The number of rotatable bonds is 5. The van der Waals surface area contributed by atoms with E-state index < -0.39 is 0 Å². The maximum atomic E-state index is 12.0. The van der Waals surface area contributed by atoms with Crippen molar-refractivity contribution >= 4 is 17.7 Å². The topological polar surface area (TPSA) is 40.5 Å². The summed E-state index contributed by atoms with van der Waals surface area (Å²) in [4.78, 5) is 14.1. The second kappa shape index (κ2) is 7.27. The van der Waals surface area contributed by atoms with Gasteiger partial charge in [-0.15, -0.1) is 11.8 Å². The van der Waals surface area contributed by atoms with Gasteiger partial charge in [0.05, 0.1) is 5.75 Å². The number of likely N-dealkylation sites (tertiary alicyclic amines) is 1. The standard InChI is InChI=1S/C13H25NO2S/c1-10-6-11(2)8-14(7-10)13(16)9-17-12(3)4-5-15/h10-12,15H,4-9H2,1-3H3. The molecule has 1 fully saturated rings. The molecule has 3 atom stereocenters. The third-order valence-corrected chi connectivity index (χ3v) is 4.47. The number of nitrogens with zero attached hydrogens (tertiary/aromatic N) is 1. The monoisotopic (exact) mass is 259 g/mol. The van der Waals surface area contributed by atoms with Crippen molar-refractivity contribution in [2.75, 3.05) is 25.4 Å². The normalized spacial score (nSPS) is 26.9. The van der Waals surface area contributed by atoms with Crippen molar-refractivity contribution in [1.82, 2.24) is 4.90 Å². The molecule has 1 amide bonds. The van der Waals surface area contributed by atoms with Crippen molar-refractivity contribution in [2.45, 2.75) is 38.9 Å². The smallest absolute Gasteiger partial charge is 0.232 e. The van der Waals surface area contributed by atoms with Gasteiger partial charge >= 0.3 is 0 Å². The Labute approximate surface area is 109 Å². The Morgan fingerprint density at radius 1 is 1.41 bits per heavy atom. The zero-order chi connectivity index (χ0) is 12.8. The summed E-state index contributed by atoms with van der Waals surface area (Å²) in [5.74, 6) is 2.07. The summed E-state index contributed by atoms with van der Waals surface area (Å²) in [6, 6.07) is 0. The van der Waals surface area contributed by atoms with Gasteiger partial charge in [0.1, 0.15) is 0 Å². The molecule has 0 aromatic rings. The van der Waals surface area contributed by atoms with E-state index in [1.165, 1.54) is 6.42 Å². The number of thioether (sulfide) groups is 1. The second-order valence-corrected chi connectivity index (χ2v) is 6.81. The zero-order valence-electron chi connectivity index (χ0n) is 11.2. The highest BCUT2D eigenvalue weighted by atomic mass is 32.2. The lowest BCUT2D eigenvalue weighted by Gasteiger charge is -2.35. The lowest BCUT2D eigenvalue weighted by molar-refractivity contribution is -0.130. The van der Waals surface area contributed by atoms with Gasteiger partial charge in [-0.25, -0.2) is 0 Å². The summed E-state index contributed by atoms with van der Waals surface area (Å²) >= 11 is 1.65. The molecule has 0 spiro atoms. The predicted molar refractivity (Wildman–Crippen MR) is 73.1 cm³/mol. The van der Waals surface area contributed by atoms with Crippen LogP contribution in [0.2, 0.25) is 0 Å². The molecule has 1 heterocycles. The van der Waals surface area contributed by atoms with Gasteiger partial charge < -0.3 is 10.0 Å². The first-order valence-electron chi connectivity index (χ1n) is 6.53. The van der Waals surface area contributed by atoms with Crippen LogP contribution < -0.4 is 0 Å². The molecule has 0 radical (unpaired) electrons. The largest absolute Gasteiger partial charge is 0.396 e. The van der Waals surface area contributed by atoms with E-state index in [0.29, 0.717) is 22.8 Å². The quantitative estimate of drug-likeness (QED) is 0.821. The summed E-state index contributed by atoms with van der Waals surface area (Å²) < 4.78 is 0. The molecule has 0 aliphatic carbocycles. The summed E-state index contributed by atoms with van der Waals surface area (Å²) in [6.07, 6.45) is 2.00. The number of aliphatic hydroxyl groups excluding tert-OH is 1. The maximum absolute atomic E-state index is 12.0. The Kier molecular flexibility index (Phi) is 6.34. The molecule has 100 valence electrons. The summed E-state index contributed by atoms with van der Waals surface area (Å²) in [6.45, 7) is 8.54. The van der Waals surface area contributed by atoms with E-state index >= 15 is 0 Å². The first kappa shape index (κ1) is 14.8. The lowest BCUT2D eigenvalue weighted by Crippen LogP contribution is -2.43. The molecule has 1 N–H and O–H groups in total. The van der Waals surface area contributed by atoms with Crippen molar-refractivity contribution in [3.8, 4) is 0 Å². The van der Waals surface area contributed by atoms with E-state index in [9.17, 15) is 4.79 Å². The minimum absolute atomic E-state index is 0.208. The first-order chi connectivity index (χ1) is 8.02. The highest BCUT2D eigenvalue weighted by Crippen LogP contribution is 2.22. The van der Waals surface area contributed by atoms with Gasteiger partial charge in [-0.3, -0.25) is 4.79 Å². The Hall–Kier alpha value is -0.220. The summed E-state index contributed by atoms with van der Waals surface area (Å²) in [5.41, 5.74) is 0. The molecule has 3 unspecified atom stereocenters. The Bertz CT molecular complexity index is 238. The molecular weight excluding hydrogens is 234 g/mol. The molecule has 1 aliphatic heterocycles. The minimum Gasteiger partial charge on any atom is -0.396 e. The molecule has 0 aromatic heterocycles. The molecule has 1 rings (SSSR count).